The molecule has 3 rings (SSSR count). The fourth-order valence-electron chi connectivity index (χ4n) is 2.12. The van der Waals surface area contributed by atoms with E-state index >= 15 is 0 Å². The Morgan fingerprint density at radius 3 is 2.55 bits per heavy atom. The molecule has 0 unspecified atom stereocenters. The fourth-order valence-corrected chi connectivity index (χ4v) is 2.49. The van der Waals surface area contributed by atoms with Gasteiger partial charge in [-0.2, -0.15) is 0 Å². The molecular formula is C17H14BrNO. The lowest BCUT2D eigenvalue weighted by atomic mass is 10.1. The molecule has 1 heterocycles. The van der Waals surface area contributed by atoms with Crippen LogP contribution in [0.3, 0.4) is 0 Å². The summed E-state index contributed by atoms with van der Waals surface area (Å²) < 4.78 is 5.86. The van der Waals surface area contributed by atoms with Crippen molar-refractivity contribution in [1.29, 1.82) is 0 Å². The minimum atomic E-state index is 0.552. The van der Waals surface area contributed by atoms with Gasteiger partial charge in [0.25, 0.3) is 0 Å². The van der Waals surface area contributed by atoms with Gasteiger partial charge in [-0.25, -0.2) is 0 Å². The molecule has 0 bridgehead atoms. The quantitative estimate of drug-likeness (QED) is 0.647. The zero-order chi connectivity index (χ0) is 13.8. The molecule has 0 atom stereocenters. The molecule has 0 aliphatic carbocycles. The van der Waals surface area contributed by atoms with Crippen molar-refractivity contribution in [1.82, 2.24) is 4.98 Å². The van der Waals surface area contributed by atoms with Crippen molar-refractivity contribution < 1.29 is 4.74 Å². The lowest BCUT2D eigenvalue weighted by molar-refractivity contribution is 0.307. The Morgan fingerprint density at radius 2 is 1.75 bits per heavy atom. The van der Waals surface area contributed by atoms with Gasteiger partial charge in [0, 0.05) is 22.5 Å². The van der Waals surface area contributed by atoms with Crippen LogP contribution in [0.5, 0.6) is 5.75 Å². The van der Waals surface area contributed by atoms with Gasteiger partial charge in [0.1, 0.15) is 12.4 Å². The largest absolute Gasteiger partial charge is 0.489 e. The van der Waals surface area contributed by atoms with Crippen LogP contribution >= 0.6 is 15.9 Å². The second-order valence-corrected chi connectivity index (χ2v) is 5.11. The number of halogens is 1. The highest BCUT2D eigenvalue weighted by Gasteiger charge is 2.02. The molecule has 0 fully saturated rings. The Kier molecular flexibility index (Phi) is 3.97. The number of para-hydroxylation sites is 1. The van der Waals surface area contributed by atoms with Crippen LogP contribution in [0.2, 0.25) is 0 Å². The first-order chi connectivity index (χ1) is 9.86. The number of aromatic nitrogens is 1. The molecule has 2 nitrogen and oxygen atoms in total. The molecule has 1 aromatic heterocycles. The molecule has 0 aliphatic heterocycles. The average Bonchev–Trinajstić information content (AvgIpc) is 2.53. The summed E-state index contributed by atoms with van der Waals surface area (Å²) in [4.78, 5) is 4.36. The van der Waals surface area contributed by atoms with Crippen molar-refractivity contribution in [3.63, 3.8) is 0 Å². The van der Waals surface area contributed by atoms with E-state index in [1.54, 1.807) is 0 Å². The first kappa shape index (κ1) is 13.1. The maximum atomic E-state index is 5.86. The van der Waals surface area contributed by atoms with Gasteiger partial charge in [-0.3, -0.25) is 4.98 Å². The molecule has 0 aliphatic rings. The zero-order valence-electron chi connectivity index (χ0n) is 10.9. The highest BCUT2D eigenvalue weighted by atomic mass is 79.9. The summed E-state index contributed by atoms with van der Waals surface area (Å²) in [5.74, 6) is 0.885. The average molecular weight is 328 g/mol. The maximum Gasteiger partial charge on any atom is 0.119 e. The van der Waals surface area contributed by atoms with Crippen LogP contribution in [0.25, 0.3) is 10.9 Å². The number of alkyl halides is 1. The Morgan fingerprint density at radius 1 is 0.950 bits per heavy atom. The number of pyridine rings is 1. The van der Waals surface area contributed by atoms with Crippen molar-refractivity contribution in [3.8, 4) is 5.75 Å². The Hall–Kier alpha value is -1.87. The van der Waals surface area contributed by atoms with E-state index in [4.69, 9.17) is 4.74 Å². The van der Waals surface area contributed by atoms with E-state index in [0.29, 0.717) is 6.61 Å². The van der Waals surface area contributed by atoms with Crippen molar-refractivity contribution in [2.24, 2.45) is 0 Å². The SMILES string of the molecule is BrCc1ccc(OCc2ccnc3ccccc23)cc1. The van der Waals surface area contributed by atoms with Gasteiger partial charge >= 0.3 is 0 Å². The van der Waals surface area contributed by atoms with E-state index < -0.39 is 0 Å². The third-order valence-corrected chi connectivity index (χ3v) is 3.86. The summed E-state index contributed by atoms with van der Waals surface area (Å²) in [6.45, 7) is 0.552. The molecular weight excluding hydrogens is 314 g/mol. The highest BCUT2D eigenvalue weighted by molar-refractivity contribution is 9.08. The molecule has 0 saturated heterocycles. The zero-order valence-corrected chi connectivity index (χ0v) is 12.5. The van der Waals surface area contributed by atoms with Crippen LogP contribution in [0.4, 0.5) is 0 Å². The molecule has 2 aromatic carbocycles. The number of nitrogens with zero attached hydrogens (tertiary/aromatic N) is 1. The van der Waals surface area contributed by atoms with E-state index in [0.717, 1.165) is 27.5 Å². The van der Waals surface area contributed by atoms with Gasteiger partial charge in [0.2, 0.25) is 0 Å². The number of ether oxygens (including phenoxy) is 1. The van der Waals surface area contributed by atoms with Crippen LogP contribution < -0.4 is 4.74 Å². The fraction of sp³-hybridized carbons (Fsp3) is 0.118. The third-order valence-electron chi connectivity index (χ3n) is 3.21. The Labute approximate surface area is 126 Å². The molecule has 0 amide bonds. The van der Waals surface area contributed by atoms with Gasteiger partial charge in [0.15, 0.2) is 0 Å². The Balaban J connectivity index is 1.79. The third kappa shape index (κ3) is 2.83. The number of benzene rings is 2. The molecule has 0 saturated carbocycles. The highest BCUT2D eigenvalue weighted by Crippen LogP contribution is 2.19. The van der Waals surface area contributed by atoms with Gasteiger partial charge in [-0.1, -0.05) is 46.3 Å². The van der Waals surface area contributed by atoms with Crippen molar-refractivity contribution in [3.05, 3.63) is 71.9 Å². The van der Waals surface area contributed by atoms with Gasteiger partial charge in [0.05, 0.1) is 5.52 Å². The van der Waals surface area contributed by atoms with Gasteiger partial charge in [-0.05, 0) is 29.8 Å². The molecule has 100 valence electrons. The summed E-state index contributed by atoms with van der Waals surface area (Å²) in [5, 5.41) is 2.01. The second kappa shape index (κ2) is 6.06. The van der Waals surface area contributed by atoms with E-state index in [2.05, 4.69) is 39.1 Å². The molecule has 0 N–H and O–H groups in total. The van der Waals surface area contributed by atoms with Crippen LogP contribution in [0.1, 0.15) is 11.1 Å². The lowest BCUT2D eigenvalue weighted by Gasteiger charge is -2.09. The molecule has 3 aromatic rings. The van der Waals surface area contributed by atoms with E-state index in [-0.39, 0.29) is 0 Å². The minimum absolute atomic E-state index is 0.552. The smallest absolute Gasteiger partial charge is 0.119 e. The monoisotopic (exact) mass is 327 g/mol. The van der Waals surface area contributed by atoms with Gasteiger partial charge < -0.3 is 4.74 Å². The molecule has 0 spiro atoms. The maximum absolute atomic E-state index is 5.86. The topological polar surface area (TPSA) is 22.1 Å². The number of hydrogen-bond acceptors (Lipinski definition) is 2. The van der Waals surface area contributed by atoms with E-state index in [9.17, 15) is 0 Å². The number of rotatable bonds is 4. The number of hydrogen-bond donors (Lipinski definition) is 0. The summed E-state index contributed by atoms with van der Waals surface area (Å²) >= 11 is 3.44. The number of fused-ring (bicyclic) bond motifs is 1. The van der Waals surface area contributed by atoms with Crippen molar-refractivity contribution >= 4 is 26.8 Å². The molecule has 20 heavy (non-hydrogen) atoms. The Bertz CT molecular complexity index is 704. The predicted molar refractivity (Wildman–Crippen MR) is 85.1 cm³/mol. The standard InChI is InChI=1S/C17H14BrNO/c18-11-13-5-7-15(8-6-13)20-12-14-9-10-19-17-4-2-1-3-16(14)17/h1-10H,11-12H2. The first-order valence-corrected chi connectivity index (χ1v) is 7.59. The molecule has 0 radical (unpaired) electrons. The summed E-state index contributed by atoms with van der Waals surface area (Å²) in [6, 6.07) is 18.3. The van der Waals surface area contributed by atoms with Crippen molar-refractivity contribution in [2.45, 2.75) is 11.9 Å². The van der Waals surface area contributed by atoms with E-state index in [1.807, 2.05) is 42.6 Å². The summed E-state index contributed by atoms with van der Waals surface area (Å²) in [5.41, 5.74) is 3.40. The summed E-state index contributed by atoms with van der Waals surface area (Å²) in [7, 11) is 0. The van der Waals surface area contributed by atoms with Crippen LogP contribution in [0, 0.1) is 0 Å². The van der Waals surface area contributed by atoms with Crippen LogP contribution in [-0.4, -0.2) is 4.98 Å². The predicted octanol–water partition coefficient (Wildman–Crippen LogP) is 4.71. The summed E-state index contributed by atoms with van der Waals surface area (Å²) in [6.07, 6.45) is 1.83. The second-order valence-electron chi connectivity index (χ2n) is 4.55. The lowest BCUT2D eigenvalue weighted by Crippen LogP contribution is -1.97. The normalized spacial score (nSPS) is 10.7. The van der Waals surface area contributed by atoms with Crippen LogP contribution in [-0.2, 0) is 11.9 Å². The van der Waals surface area contributed by atoms with E-state index in [1.165, 1.54) is 5.56 Å². The van der Waals surface area contributed by atoms with Gasteiger partial charge in [-0.15, -0.1) is 0 Å². The first-order valence-electron chi connectivity index (χ1n) is 6.47. The van der Waals surface area contributed by atoms with Crippen LogP contribution in [0.15, 0.2) is 60.8 Å². The van der Waals surface area contributed by atoms with Crippen molar-refractivity contribution in [2.75, 3.05) is 0 Å². The molecule has 3 heteroatoms. The minimum Gasteiger partial charge on any atom is -0.489 e.